The molecule has 1 N–H and O–H groups in total. The van der Waals surface area contributed by atoms with Gasteiger partial charge in [-0.25, -0.2) is 4.68 Å². The first-order chi connectivity index (χ1) is 12.9. The summed E-state index contributed by atoms with van der Waals surface area (Å²) in [5, 5.41) is 7.10. The van der Waals surface area contributed by atoms with E-state index in [0.29, 0.717) is 19.7 Å². The van der Waals surface area contributed by atoms with Gasteiger partial charge in [-0.05, 0) is 25.5 Å². The highest BCUT2D eigenvalue weighted by Gasteiger charge is 2.26. The van der Waals surface area contributed by atoms with Gasteiger partial charge in [0.05, 0.1) is 18.8 Å². The van der Waals surface area contributed by atoms with Crippen molar-refractivity contribution in [2.45, 2.75) is 26.0 Å². The minimum absolute atomic E-state index is 0.156. The molecule has 2 aromatic rings. The Morgan fingerprint density at radius 1 is 1.22 bits per heavy atom. The van der Waals surface area contributed by atoms with Gasteiger partial charge in [0.15, 0.2) is 0 Å². The third-order valence-electron chi connectivity index (χ3n) is 4.49. The van der Waals surface area contributed by atoms with Crippen LogP contribution in [0.25, 0.3) is 0 Å². The Hall–Kier alpha value is -2.51. The molecule has 3 rings (SSSR count). The van der Waals surface area contributed by atoms with E-state index in [4.69, 9.17) is 4.74 Å². The van der Waals surface area contributed by atoms with Gasteiger partial charge in [0.25, 0.3) is 11.5 Å². The lowest BCUT2D eigenvalue weighted by Gasteiger charge is -2.38. The number of aromatic nitrogens is 2. The summed E-state index contributed by atoms with van der Waals surface area (Å²) in [5.41, 5.74) is 0.815. The molecule has 0 aliphatic carbocycles. The number of rotatable bonds is 6. The summed E-state index contributed by atoms with van der Waals surface area (Å²) in [7, 11) is 0. The number of morpholine rings is 1. The largest absolute Gasteiger partial charge is 0.373 e. The van der Waals surface area contributed by atoms with Gasteiger partial charge >= 0.3 is 0 Å². The Labute approximate surface area is 158 Å². The first kappa shape index (κ1) is 19.3. The van der Waals surface area contributed by atoms with Gasteiger partial charge in [0, 0.05) is 32.2 Å². The van der Waals surface area contributed by atoms with Crippen molar-refractivity contribution in [1.29, 1.82) is 0 Å². The van der Waals surface area contributed by atoms with E-state index in [0.717, 1.165) is 25.2 Å². The maximum atomic E-state index is 12.4. The lowest BCUT2D eigenvalue weighted by molar-refractivity contribution is -0.0853. The van der Waals surface area contributed by atoms with Crippen LogP contribution in [0, 0.1) is 0 Å². The predicted molar refractivity (Wildman–Crippen MR) is 103 cm³/mol. The van der Waals surface area contributed by atoms with Crippen molar-refractivity contribution >= 4 is 5.91 Å². The summed E-state index contributed by atoms with van der Waals surface area (Å²) in [5.74, 6) is -0.274. The summed E-state index contributed by atoms with van der Waals surface area (Å²) in [6, 6.07) is 12.4. The number of nitrogens with zero attached hydrogens (tertiary/aromatic N) is 3. The van der Waals surface area contributed by atoms with E-state index in [1.165, 1.54) is 16.8 Å². The number of hydrogen-bond acceptors (Lipinski definition) is 5. The molecule has 1 saturated heterocycles. The first-order valence-corrected chi connectivity index (χ1v) is 9.20. The van der Waals surface area contributed by atoms with Gasteiger partial charge in [-0.2, -0.15) is 5.10 Å². The van der Waals surface area contributed by atoms with Crippen LogP contribution in [-0.2, 0) is 11.3 Å². The van der Waals surface area contributed by atoms with Gasteiger partial charge < -0.3 is 10.1 Å². The Balaban J connectivity index is 1.57. The zero-order valence-corrected chi connectivity index (χ0v) is 15.9. The average molecular weight is 370 g/mol. The van der Waals surface area contributed by atoms with Crippen LogP contribution in [0.3, 0.4) is 0 Å². The molecule has 0 saturated carbocycles. The molecule has 1 fully saturated rings. The van der Waals surface area contributed by atoms with Crippen molar-refractivity contribution in [3.63, 3.8) is 0 Å². The first-order valence-electron chi connectivity index (χ1n) is 9.20. The Kier molecular flexibility index (Phi) is 6.03. The molecule has 0 spiro atoms. The molecular formula is C20H26N4O3. The quantitative estimate of drug-likeness (QED) is 0.825. The number of carbonyl (C=O) groups is 1. The van der Waals surface area contributed by atoms with Gasteiger partial charge in [0.2, 0.25) is 0 Å². The zero-order chi connectivity index (χ0) is 19.3. The maximum Gasteiger partial charge on any atom is 0.271 e. The molecule has 0 radical (unpaired) electrons. The Morgan fingerprint density at radius 3 is 2.74 bits per heavy atom. The topological polar surface area (TPSA) is 76.5 Å². The molecule has 0 unspecified atom stereocenters. The molecule has 1 aliphatic heterocycles. The van der Waals surface area contributed by atoms with Crippen LogP contribution in [0.15, 0.2) is 47.3 Å². The molecule has 27 heavy (non-hydrogen) atoms. The third kappa shape index (κ3) is 5.48. The second-order valence-corrected chi connectivity index (χ2v) is 7.34. The Bertz CT molecular complexity index is 833. The number of benzene rings is 1. The van der Waals surface area contributed by atoms with E-state index in [1.807, 2.05) is 30.3 Å². The number of nitrogens with one attached hydrogen (secondary N) is 1. The van der Waals surface area contributed by atoms with Crippen LogP contribution >= 0.6 is 0 Å². The molecule has 1 amide bonds. The number of hydrogen-bond donors (Lipinski definition) is 1. The number of ether oxygens (including phenoxy) is 1. The normalized spacial score (nSPS) is 16.8. The number of carbonyl (C=O) groups excluding carboxylic acids is 1. The monoisotopic (exact) mass is 370 g/mol. The van der Waals surface area contributed by atoms with E-state index in [1.54, 1.807) is 0 Å². The minimum Gasteiger partial charge on any atom is -0.373 e. The lowest BCUT2D eigenvalue weighted by atomic mass is 10.1. The SMILES string of the molecule is CC1(C)CN(CCNC(=O)c2ccc(=O)n(Cc3ccccc3)n2)CCO1. The highest BCUT2D eigenvalue weighted by molar-refractivity contribution is 5.91. The van der Waals surface area contributed by atoms with E-state index in [2.05, 4.69) is 29.2 Å². The van der Waals surface area contributed by atoms with Crippen LogP contribution in [0.4, 0.5) is 0 Å². The van der Waals surface area contributed by atoms with Gasteiger partial charge in [-0.15, -0.1) is 0 Å². The van der Waals surface area contributed by atoms with Gasteiger partial charge in [-0.3, -0.25) is 14.5 Å². The van der Waals surface area contributed by atoms with E-state index >= 15 is 0 Å². The van der Waals surface area contributed by atoms with E-state index in [-0.39, 0.29) is 22.8 Å². The smallest absolute Gasteiger partial charge is 0.271 e. The molecule has 0 atom stereocenters. The lowest BCUT2D eigenvalue weighted by Crippen LogP contribution is -2.50. The van der Waals surface area contributed by atoms with Crippen molar-refractivity contribution in [2.24, 2.45) is 0 Å². The van der Waals surface area contributed by atoms with Crippen molar-refractivity contribution in [1.82, 2.24) is 20.0 Å². The van der Waals surface area contributed by atoms with Gasteiger partial charge in [0.1, 0.15) is 5.69 Å². The van der Waals surface area contributed by atoms with Crippen molar-refractivity contribution in [3.8, 4) is 0 Å². The molecule has 1 aromatic heterocycles. The number of amides is 1. The second-order valence-electron chi connectivity index (χ2n) is 7.34. The fraction of sp³-hybridized carbons (Fsp3) is 0.450. The van der Waals surface area contributed by atoms with Crippen LogP contribution in [-0.4, -0.2) is 59.0 Å². The zero-order valence-electron chi connectivity index (χ0n) is 15.9. The summed E-state index contributed by atoms with van der Waals surface area (Å²) in [4.78, 5) is 26.7. The molecule has 144 valence electrons. The van der Waals surface area contributed by atoms with Crippen molar-refractivity contribution in [2.75, 3.05) is 32.8 Å². The molecular weight excluding hydrogens is 344 g/mol. The third-order valence-corrected chi connectivity index (χ3v) is 4.49. The summed E-state index contributed by atoms with van der Waals surface area (Å²) in [6.45, 7) is 8.14. The van der Waals surface area contributed by atoms with Crippen molar-refractivity contribution < 1.29 is 9.53 Å². The van der Waals surface area contributed by atoms with Crippen molar-refractivity contribution in [3.05, 3.63) is 64.1 Å². The average Bonchev–Trinajstić information content (AvgIpc) is 2.63. The summed E-state index contributed by atoms with van der Waals surface area (Å²) in [6.07, 6.45) is 0. The molecule has 1 aromatic carbocycles. The van der Waals surface area contributed by atoms with E-state index < -0.39 is 0 Å². The molecule has 0 bridgehead atoms. The Morgan fingerprint density at radius 2 is 2.00 bits per heavy atom. The molecule has 7 heteroatoms. The second kappa shape index (κ2) is 8.45. The molecule has 2 heterocycles. The van der Waals surface area contributed by atoms with Crippen LogP contribution in [0.1, 0.15) is 29.9 Å². The summed E-state index contributed by atoms with van der Waals surface area (Å²) >= 11 is 0. The fourth-order valence-corrected chi connectivity index (χ4v) is 3.16. The van der Waals surface area contributed by atoms with Crippen LogP contribution in [0.5, 0.6) is 0 Å². The highest BCUT2D eigenvalue weighted by atomic mass is 16.5. The van der Waals surface area contributed by atoms with Gasteiger partial charge in [-0.1, -0.05) is 30.3 Å². The molecule has 1 aliphatic rings. The minimum atomic E-state index is -0.274. The van der Waals surface area contributed by atoms with Crippen LogP contribution < -0.4 is 10.9 Å². The standard InChI is InChI=1S/C20H26N4O3/c1-20(2)15-23(12-13-27-20)11-10-21-19(26)17-8-9-18(25)24(22-17)14-16-6-4-3-5-7-16/h3-9H,10-15H2,1-2H3,(H,21,26). The fourth-order valence-electron chi connectivity index (χ4n) is 3.16. The summed E-state index contributed by atoms with van der Waals surface area (Å²) < 4.78 is 7.01. The molecule has 7 nitrogen and oxygen atoms in total. The highest BCUT2D eigenvalue weighted by Crippen LogP contribution is 2.15. The maximum absolute atomic E-state index is 12.4. The van der Waals surface area contributed by atoms with Crippen LogP contribution in [0.2, 0.25) is 0 Å². The van der Waals surface area contributed by atoms with E-state index in [9.17, 15) is 9.59 Å². The predicted octanol–water partition coefficient (Wildman–Crippen LogP) is 1.13.